The maximum atomic E-state index is 11.8. The van der Waals surface area contributed by atoms with Crippen LogP contribution in [0.15, 0.2) is 23.8 Å². The van der Waals surface area contributed by atoms with Crippen LogP contribution >= 0.6 is 0 Å². The molecule has 4 atom stereocenters. The van der Waals surface area contributed by atoms with Gasteiger partial charge in [-0.25, -0.2) is 0 Å². The molecule has 124 valence electrons. The van der Waals surface area contributed by atoms with Crippen LogP contribution in [0.2, 0.25) is 0 Å². The topological polar surface area (TPSA) is 37.3 Å². The molecular formula is C21H28O2. The fourth-order valence-corrected chi connectivity index (χ4v) is 5.39. The van der Waals surface area contributed by atoms with Crippen LogP contribution in [0.5, 0.6) is 0 Å². The van der Waals surface area contributed by atoms with Crippen molar-refractivity contribution in [2.45, 2.75) is 70.8 Å². The summed E-state index contributed by atoms with van der Waals surface area (Å²) in [6.07, 6.45) is 13.8. The summed E-state index contributed by atoms with van der Waals surface area (Å²) in [6.45, 7) is 3.89. The lowest BCUT2D eigenvalue weighted by Gasteiger charge is -2.56. The van der Waals surface area contributed by atoms with Crippen molar-refractivity contribution in [2.24, 2.45) is 17.3 Å². The van der Waals surface area contributed by atoms with E-state index in [1.54, 1.807) is 0 Å². The molecular weight excluding hydrogens is 284 g/mol. The van der Waals surface area contributed by atoms with Crippen LogP contribution in [0, 0.1) is 29.1 Å². The Bertz CT molecular complexity index is 603. The molecule has 0 spiro atoms. The molecule has 0 aromatic carbocycles. The van der Waals surface area contributed by atoms with Gasteiger partial charge in [-0.15, -0.1) is 5.92 Å². The lowest BCUT2D eigenvalue weighted by atomic mass is 9.48. The number of fused-ring (bicyclic) bond motifs is 3. The Morgan fingerprint density at radius 3 is 2.91 bits per heavy atom. The number of allylic oxidation sites excluding steroid dienone is 4. The number of hydrogen-bond donors (Lipinski definition) is 1. The second-order valence-electron chi connectivity index (χ2n) is 7.63. The number of ketones is 1. The summed E-state index contributed by atoms with van der Waals surface area (Å²) < 4.78 is 0. The third kappa shape index (κ3) is 2.92. The van der Waals surface area contributed by atoms with Gasteiger partial charge in [0.15, 0.2) is 5.78 Å². The van der Waals surface area contributed by atoms with E-state index in [1.807, 2.05) is 13.0 Å². The van der Waals surface area contributed by atoms with E-state index < -0.39 is 5.60 Å². The Hall–Kier alpha value is -1.33. The predicted octanol–water partition coefficient (Wildman–Crippen LogP) is 4.19. The standard InChI is InChI=1S/C21H28O2/c1-3-5-11-21-13-12-20(23,10-4-2)15-17(21)7-6-16-14-18(22)8-9-19(16)21/h3,5,14,17,19,23H,6-9,11-13,15H2,1-2H3/b5-3+/t17-,19-,20-,21-/m1/s1. The highest BCUT2D eigenvalue weighted by atomic mass is 16.3. The normalized spacial score (nSPS) is 40.0. The Labute approximate surface area is 140 Å². The van der Waals surface area contributed by atoms with E-state index in [-0.39, 0.29) is 5.41 Å². The first-order chi connectivity index (χ1) is 11.0. The average molecular weight is 312 g/mol. The molecule has 0 radical (unpaired) electrons. The molecule has 2 saturated carbocycles. The van der Waals surface area contributed by atoms with Crippen LogP contribution in [0.1, 0.15) is 65.2 Å². The highest BCUT2D eigenvalue weighted by molar-refractivity contribution is 5.91. The summed E-state index contributed by atoms with van der Waals surface area (Å²) in [7, 11) is 0. The molecule has 23 heavy (non-hydrogen) atoms. The van der Waals surface area contributed by atoms with Gasteiger partial charge in [-0.2, -0.15) is 0 Å². The lowest BCUT2D eigenvalue weighted by molar-refractivity contribution is -0.117. The molecule has 2 fully saturated rings. The average Bonchev–Trinajstić information content (AvgIpc) is 2.53. The monoisotopic (exact) mass is 312 g/mol. The second kappa shape index (κ2) is 6.29. The third-order valence-electron chi connectivity index (χ3n) is 6.44. The number of rotatable bonds is 2. The van der Waals surface area contributed by atoms with Crippen molar-refractivity contribution in [3.63, 3.8) is 0 Å². The molecule has 3 aliphatic carbocycles. The molecule has 1 N–H and O–H groups in total. The molecule has 0 aliphatic heterocycles. The predicted molar refractivity (Wildman–Crippen MR) is 92.7 cm³/mol. The zero-order chi connectivity index (χ0) is 16.5. The van der Waals surface area contributed by atoms with Crippen LogP contribution in [0.25, 0.3) is 0 Å². The molecule has 0 amide bonds. The lowest BCUT2D eigenvalue weighted by Crippen LogP contribution is -2.51. The quantitative estimate of drug-likeness (QED) is 0.613. The number of carbonyl (C=O) groups is 1. The minimum Gasteiger partial charge on any atom is -0.378 e. The first-order valence-electron chi connectivity index (χ1n) is 9.04. The molecule has 0 aromatic heterocycles. The number of aliphatic hydroxyl groups is 1. The van der Waals surface area contributed by atoms with Gasteiger partial charge in [0.25, 0.3) is 0 Å². The van der Waals surface area contributed by atoms with Gasteiger partial charge in [0, 0.05) is 6.42 Å². The maximum absolute atomic E-state index is 11.8. The Morgan fingerprint density at radius 2 is 2.17 bits per heavy atom. The van der Waals surface area contributed by atoms with Crippen molar-refractivity contribution < 1.29 is 9.90 Å². The smallest absolute Gasteiger partial charge is 0.155 e. The van der Waals surface area contributed by atoms with E-state index in [2.05, 4.69) is 30.9 Å². The van der Waals surface area contributed by atoms with Crippen molar-refractivity contribution in [1.82, 2.24) is 0 Å². The van der Waals surface area contributed by atoms with Gasteiger partial charge in [-0.05, 0) is 82.1 Å². The van der Waals surface area contributed by atoms with Crippen molar-refractivity contribution in [3.8, 4) is 11.8 Å². The highest BCUT2D eigenvalue weighted by Crippen LogP contribution is 2.61. The number of carbonyl (C=O) groups excluding carboxylic acids is 1. The minimum absolute atomic E-state index is 0.221. The molecule has 3 aliphatic rings. The van der Waals surface area contributed by atoms with Gasteiger partial charge in [0.1, 0.15) is 5.60 Å². The van der Waals surface area contributed by atoms with Gasteiger partial charge in [0.05, 0.1) is 0 Å². The first kappa shape index (κ1) is 16.5. The van der Waals surface area contributed by atoms with Crippen LogP contribution in [0.4, 0.5) is 0 Å². The van der Waals surface area contributed by atoms with Gasteiger partial charge < -0.3 is 5.11 Å². The van der Waals surface area contributed by atoms with Crippen molar-refractivity contribution in [1.29, 1.82) is 0 Å². The van der Waals surface area contributed by atoms with Gasteiger partial charge in [0.2, 0.25) is 0 Å². The Balaban J connectivity index is 1.95. The molecule has 3 rings (SSSR count). The largest absolute Gasteiger partial charge is 0.378 e. The van der Waals surface area contributed by atoms with Crippen molar-refractivity contribution in [3.05, 3.63) is 23.8 Å². The molecule has 0 bridgehead atoms. The minimum atomic E-state index is -0.801. The summed E-state index contributed by atoms with van der Waals surface area (Å²) in [6, 6.07) is 0. The molecule has 0 aromatic rings. The molecule has 2 nitrogen and oxygen atoms in total. The van der Waals surface area contributed by atoms with Gasteiger partial charge >= 0.3 is 0 Å². The second-order valence-corrected chi connectivity index (χ2v) is 7.63. The maximum Gasteiger partial charge on any atom is 0.155 e. The number of hydrogen-bond acceptors (Lipinski definition) is 2. The van der Waals surface area contributed by atoms with Gasteiger partial charge in [-0.1, -0.05) is 23.6 Å². The van der Waals surface area contributed by atoms with E-state index in [0.717, 1.165) is 44.9 Å². The summed E-state index contributed by atoms with van der Waals surface area (Å²) in [5, 5.41) is 10.8. The van der Waals surface area contributed by atoms with Crippen LogP contribution in [-0.4, -0.2) is 16.5 Å². The molecule has 2 heteroatoms. The Morgan fingerprint density at radius 1 is 1.35 bits per heavy atom. The molecule has 0 unspecified atom stereocenters. The van der Waals surface area contributed by atoms with Crippen LogP contribution in [0.3, 0.4) is 0 Å². The third-order valence-corrected chi connectivity index (χ3v) is 6.44. The van der Waals surface area contributed by atoms with E-state index in [4.69, 9.17) is 0 Å². The van der Waals surface area contributed by atoms with Crippen LogP contribution in [-0.2, 0) is 4.79 Å². The summed E-state index contributed by atoms with van der Waals surface area (Å²) in [5.74, 6) is 7.32. The molecule has 0 heterocycles. The summed E-state index contributed by atoms with van der Waals surface area (Å²) in [4.78, 5) is 11.8. The van der Waals surface area contributed by atoms with E-state index in [0.29, 0.717) is 24.0 Å². The fraction of sp³-hybridized carbons (Fsp3) is 0.667. The van der Waals surface area contributed by atoms with E-state index >= 15 is 0 Å². The van der Waals surface area contributed by atoms with E-state index in [1.165, 1.54) is 5.57 Å². The highest BCUT2D eigenvalue weighted by Gasteiger charge is 2.54. The fourth-order valence-electron chi connectivity index (χ4n) is 5.39. The zero-order valence-corrected chi connectivity index (χ0v) is 14.4. The SMILES string of the molecule is CC#C[C@@]1(O)CC[C@]2(C/C=C/C)[C@H](CCC3=CC(=O)CC[C@H]32)C1. The van der Waals surface area contributed by atoms with Crippen LogP contribution < -0.4 is 0 Å². The summed E-state index contributed by atoms with van der Waals surface area (Å²) >= 11 is 0. The van der Waals surface area contributed by atoms with Crippen molar-refractivity contribution >= 4 is 5.78 Å². The van der Waals surface area contributed by atoms with Crippen molar-refractivity contribution in [2.75, 3.05) is 0 Å². The first-order valence-corrected chi connectivity index (χ1v) is 9.04. The van der Waals surface area contributed by atoms with Gasteiger partial charge in [-0.3, -0.25) is 4.79 Å². The molecule has 0 saturated heterocycles. The van der Waals surface area contributed by atoms with E-state index in [9.17, 15) is 9.90 Å². The zero-order valence-electron chi connectivity index (χ0n) is 14.4. The Kier molecular flexibility index (Phi) is 4.52. The summed E-state index contributed by atoms with van der Waals surface area (Å²) in [5.41, 5.74) is 0.803.